The molecule has 3 aromatic heterocycles. The summed E-state index contributed by atoms with van der Waals surface area (Å²) in [5, 5.41) is 9.23. The van der Waals surface area contributed by atoms with Gasteiger partial charge in [-0.05, 0) is 65.1 Å². The second kappa shape index (κ2) is 9.95. The van der Waals surface area contributed by atoms with Gasteiger partial charge in [0.15, 0.2) is 0 Å². The maximum atomic E-state index is 13.6. The summed E-state index contributed by atoms with van der Waals surface area (Å²) in [4.78, 5) is 41.2. The van der Waals surface area contributed by atoms with Crippen LogP contribution in [0.2, 0.25) is 0 Å². The Balaban J connectivity index is 1.54. The number of ether oxygens (including phenoxy) is 1. The van der Waals surface area contributed by atoms with Crippen molar-refractivity contribution in [3.05, 3.63) is 117 Å². The summed E-state index contributed by atoms with van der Waals surface area (Å²) in [6.45, 7) is 1.92. The molecule has 0 aliphatic rings. The van der Waals surface area contributed by atoms with Crippen LogP contribution in [0.25, 0.3) is 49.6 Å². The number of aromatic nitrogens is 4. The van der Waals surface area contributed by atoms with Crippen LogP contribution < -0.4 is 21.5 Å². The molecule has 0 unspecified atom stereocenters. The fraction of sp³-hybridized carbons (Fsp3) is 0.0645. The van der Waals surface area contributed by atoms with E-state index in [0.717, 1.165) is 49.5 Å². The summed E-state index contributed by atoms with van der Waals surface area (Å²) in [5.74, 6) is 0.669. The molecule has 0 atom stereocenters. The number of aromatic amines is 2. The molecular weight excluding hydrogens is 504 g/mol. The van der Waals surface area contributed by atoms with Crippen LogP contribution >= 0.6 is 0 Å². The largest absolute Gasteiger partial charge is 0.497 e. The van der Waals surface area contributed by atoms with Gasteiger partial charge in [0.1, 0.15) is 17.6 Å². The molecule has 0 bridgehead atoms. The van der Waals surface area contributed by atoms with Crippen molar-refractivity contribution < 1.29 is 4.74 Å². The molecule has 0 aliphatic carbocycles. The van der Waals surface area contributed by atoms with Crippen molar-refractivity contribution in [2.75, 3.05) is 7.11 Å². The zero-order valence-electron chi connectivity index (χ0n) is 21.7. The first kappa shape index (κ1) is 24.7. The number of nitrogens with zero attached hydrogens (tertiary/aromatic N) is 3. The van der Waals surface area contributed by atoms with Crippen LogP contribution in [0.15, 0.2) is 99.9 Å². The molecule has 3 heterocycles. The van der Waals surface area contributed by atoms with Crippen molar-refractivity contribution in [1.82, 2.24) is 19.5 Å². The molecule has 40 heavy (non-hydrogen) atoms. The molecule has 9 heteroatoms. The van der Waals surface area contributed by atoms with Crippen molar-refractivity contribution in [2.45, 2.75) is 6.92 Å². The standard InChI is InChI=1S/C31H24N6O3/c1-18-11-21(15-34-29(18)35-17-32)23-10-8-22(40-2)13-26(23)19-7-9-25-27(12-19)36-31(39)37(30(25)38)28-16-33-14-20-5-3-4-6-24(20)28/h3-17H,1-2H3,(H,36,39)(H2,32,34,35). The Morgan fingerprint density at radius 1 is 0.950 bits per heavy atom. The number of hydrogen-bond donors (Lipinski definition) is 3. The number of rotatable bonds is 5. The molecule has 0 saturated heterocycles. The number of hydrogen-bond acceptors (Lipinski definition) is 5. The molecule has 3 N–H and O–H groups in total. The Morgan fingerprint density at radius 3 is 2.60 bits per heavy atom. The first-order valence-corrected chi connectivity index (χ1v) is 12.5. The van der Waals surface area contributed by atoms with Gasteiger partial charge in [-0.25, -0.2) is 14.4 Å². The third-order valence-corrected chi connectivity index (χ3v) is 6.94. The topological polar surface area (TPSA) is 129 Å². The Hall–Kier alpha value is -5.57. The van der Waals surface area contributed by atoms with Crippen molar-refractivity contribution in [3.63, 3.8) is 0 Å². The number of fused-ring (bicyclic) bond motifs is 2. The van der Waals surface area contributed by atoms with E-state index in [1.165, 1.54) is 6.20 Å². The number of pyridine rings is 2. The van der Waals surface area contributed by atoms with E-state index in [1.807, 2.05) is 67.7 Å². The molecule has 0 radical (unpaired) electrons. The number of aryl methyl sites for hydroxylation is 1. The number of nitrogens with one attached hydrogen (secondary N) is 3. The van der Waals surface area contributed by atoms with Crippen LogP contribution in [0.4, 0.5) is 0 Å². The SMILES string of the molecule is COc1ccc(-c2c[nH]c(=NC=N)c(C)c2)c(-c2ccc3c(=O)n(-c4cncc5ccccc45)c(=O)[nH]c3c2)c1. The van der Waals surface area contributed by atoms with Crippen LogP contribution in [0.5, 0.6) is 5.75 Å². The van der Waals surface area contributed by atoms with Crippen LogP contribution in [0, 0.1) is 12.3 Å². The average molecular weight is 529 g/mol. The van der Waals surface area contributed by atoms with Gasteiger partial charge in [0, 0.05) is 23.2 Å². The van der Waals surface area contributed by atoms with Gasteiger partial charge in [0.2, 0.25) is 0 Å². The van der Waals surface area contributed by atoms with Crippen molar-refractivity contribution in [3.8, 4) is 33.7 Å². The first-order valence-electron chi connectivity index (χ1n) is 12.5. The molecule has 0 spiro atoms. The maximum absolute atomic E-state index is 13.6. The summed E-state index contributed by atoms with van der Waals surface area (Å²) < 4.78 is 6.64. The third kappa shape index (κ3) is 4.19. The molecule has 196 valence electrons. The van der Waals surface area contributed by atoms with Gasteiger partial charge >= 0.3 is 5.69 Å². The fourth-order valence-corrected chi connectivity index (χ4v) is 4.99. The highest BCUT2D eigenvalue weighted by Gasteiger charge is 2.15. The van der Waals surface area contributed by atoms with Crippen LogP contribution in [0.1, 0.15) is 5.56 Å². The Morgan fingerprint density at radius 2 is 1.80 bits per heavy atom. The van der Waals surface area contributed by atoms with Crippen LogP contribution in [-0.2, 0) is 0 Å². The molecule has 0 saturated carbocycles. The minimum atomic E-state index is -0.547. The van der Waals surface area contributed by atoms with E-state index in [1.54, 1.807) is 25.4 Å². The van der Waals surface area contributed by atoms with Gasteiger partial charge in [-0.1, -0.05) is 36.4 Å². The molecule has 6 aromatic rings. The van der Waals surface area contributed by atoms with E-state index in [4.69, 9.17) is 10.1 Å². The summed E-state index contributed by atoms with van der Waals surface area (Å²) >= 11 is 0. The summed E-state index contributed by atoms with van der Waals surface area (Å²) in [6.07, 6.45) is 6.06. The quantitative estimate of drug-likeness (QED) is 0.221. The minimum absolute atomic E-state index is 0.377. The van der Waals surface area contributed by atoms with Gasteiger partial charge in [-0.2, -0.15) is 0 Å². The van der Waals surface area contributed by atoms with Gasteiger partial charge in [-0.15, -0.1) is 0 Å². The van der Waals surface area contributed by atoms with E-state index >= 15 is 0 Å². The van der Waals surface area contributed by atoms with Gasteiger partial charge in [0.05, 0.1) is 29.9 Å². The van der Waals surface area contributed by atoms with Crippen molar-refractivity contribution >= 4 is 28.0 Å². The predicted molar refractivity (Wildman–Crippen MR) is 156 cm³/mol. The lowest BCUT2D eigenvalue weighted by molar-refractivity contribution is 0.415. The summed E-state index contributed by atoms with van der Waals surface area (Å²) in [6, 6.07) is 20.6. The van der Waals surface area contributed by atoms with E-state index in [2.05, 4.69) is 19.9 Å². The minimum Gasteiger partial charge on any atom is -0.497 e. The molecule has 3 aromatic carbocycles. The Kier molecular flexibility index (Phi) is 6.16. The van der Waals surface area contributed by atoms with E-state index in [-0.39, 0.29) is 0 Å². The zero-order chi connectivity index (χ0) is 27.8. The van der Waals surface area contributed by atoms with E-state index in [0.29, 0.717) is 27.8 Å². The molecule has 0 aliphatic heterocycles. The van der Waals surface area contributed by atoms with Gasteiger partial charge in [0.25, 0.3) is 5.56 Å². The fourth-order valence-electron chi connectivity index (χ4n) is 4.99. The van der Waals surface area contributed by atoms with Gasteiger partial charge < -0.3 is 14.7 Å². The summed E-state index contributed by atoms with van der Waals surface area (Å²) in [7, 11) is 1.60. The highest BCUT2D eigenvalue weighted by molar-refractivity contribution is 5.91. The lowest BCUT2D eigenvalue weighted by Gasteiger charge is -2.14. The molecule has 0 fully saturated rings. The molecule has 6 rings (SSSR count). The van der Waals surface area contributed by atoms with E-state index < -0.39 is 11.2 Å². The predicted octanol–water partition coefficient (Wildman–Crippen LogP) is 4.71. The molecule has 9 nitrogen and oxygen atoms in total. The maximum Gasteiger partial charge on any atom is 0.333 e. The van der Waals surface area contributed by atoms with Crippen LogP contribution in [0.3, 0.4) is 0 Å². The first-order chi connectivity index (χ1) is 19.5. The van der Waals surface area contributed by atoms with Crippen molar-refractivity contribution in [1.29, 1.82) is 5.41 Å². The second-order valence-corrected chi connectivity index (χ2v) is 9.30. The number of methoxy groups -OCH3 is 1. The number of H-pyrrole nitrogens is 2. The van der Waals surface area contributed by atoms with Crippen molar-refractivity contribution in [2.24, 2.45) is 4.99 Å². The highest BCUT2D eigenvalue weighted by atomic mass is 16.5. The lowest BCUT2D eigenvalue weighted by Crippen LogP contribution is -2.33. The Bertz CT molecular complexity index is 2130. The number of benzene rings is 3. The molecule has 0 amide bonds. The smallest absolute Gasteiger partial charge is 0.333 e. The lowest BCUT2D eigenvalue weighted by atomic mass is 9.94. The second-order valence-electron chi connectivity index (χ2n) is 9.30. The zero-order valence-corrected chi connectivity index (χ0v) is 21.7. The summed E-state index contributed by atoms with van der Waals surface area (Å²) in [5.41, 5.74) is 4.85. The third-order valence-electron chi connectivity index (χ3n) is 6.94. The Labute approximate surface area is 227 Å². The van der Waals surface area contributed by atoms with Gasteiger partial charge in [-0.3, -0.25) is 15.2 Å². The van der Waals surface area contributed by atoms with E-state index in [9.17, 15) is 9.59 Å². The van der Waals surface area contributed by atoms with Crippen LogP contribution in [-0.4, -0.2) is 33.0 Å². The normalized spacial score (nSPS) is 11.7. The average Bonchev–Trinajstić information content (AvgIpc) is 2.98. The highest BCUT2D eigenvalue weighted by Crippen LogP contribution is 2.35. The molecular formula is C31H24N6O3. The monoisotopic (exact) mass is 528 g/mol.